The fourth-order valence-electron chi connectivity index (χ4n) is 3.02. The summed E-state index contributed by atoms with van der Waals surface area (Å²) in [6.45, 7) is 2.92. The number of hydrogen-bond donors (Lipinski definition) is 0. The Kier molecular flexibility index (Phi) is 4.90. The Labute approximate surface area is 165 Å². The van der Waals surface area contributed by atoms with Crippen LogP contribution in [0.25, 0.3) is 0 Å². The number of hydrogen-bond acceptors (Lipinski definition) is 4. The van der Waals surface area contributed by atoms with Crippen LogP contribution in [-0.4, -0.2) is 17.6 Å². The average molecular weight is 428 g/mol. The molecule has 2 aromatic carbocycles. The Bertz CT molecular complexity index is 982. The molecule has 0 unspecified atom stereocenters. The lowest BCUT2D eigenvalue weighted by atomic mass is 10.1. The Balaban J connectivity index is 1.63. The van der Waals surface area contributed by atoms with Gasteiger partial charge in [-0.3, -0.25) is 4.79 Å². The molecule has 0 radical (unpaired) electrons. The first kappa shape index (κ1) is 17.7. The average Bonchev–Trinajstić information content (AvgIpc) is 3.29. The van der Waals surface area contributed by atoms with Crippen molar-refractivity contribution in [1.82, 2.24) is 4.90 Å². The van der Waals surface area contributed by atoms with Gasteiger partial charge in [0.25, 0.3) is 5.91 Å². The van der Waals surface area contributed by atoms with E-state index in [1.165, 1.54) is 0 Å². The Morgan fingerprint density at radius 1 is 1.04 bits per heavy atom. The third kappa shape index (κ3) is 3.85. The summed E-state index contributed by atoms with van der Waals surface area (Å²) in [5.41, 5.74) is 1.57. The van der Waals surface area contributed by atoms with Gasteiger partial charge in [-0.15, -0.1) is 0 Å². The lowest BCUT2D eigenvalue weighted by molar-refractivity contribution is 0.0716. The van der Waals surface area contributed by atoms with Crippen molar-refractivity contribution in [2.45, 2.75) is 20.0 Å². The first-order valence-corrected chi connectivity index (χ1v) is 9.37. The predicted molar refractivity (Wildman–Crippen MR) is 104 cm³/mol. The zero-order valence-corrected chi connectivity index (χ0v) is 16.4. The van der Waals surface area contributed by atoms with Crippen molar-refractivity contribution in [3.8, 4) is 11.5 Å². The van der Waals surface area contributed by atoms with Gasteiger partial charge in [0.1, 0.15) is 11.5 Å². The standard InChI is InChI=1S/C21H18BrNO4/c1-14-6-8-16(27-14)12-23(21(24)17-4-2-3-5-18(17)22)11-15-7-9-19-20(10-15)26-13-25-19/h2-10H,11-13H2,1H3. The highest BCUT2D eigenvalue weighted by atomic mass is 79.9. The SMILES string of the molecule is Cc1ccc(CN(Cc2ccc3c(c2)OCO3)C(=O)c2ccccc2Br)o1. The van der Waals surface area contributed by atoms with Gasteiger partial charge in [0.2, 0.25) is 6.79 Å². The third-order valence-electron chi connectivity index (χ3n) is 4.34. The Morgan fingerprint density at radius 2 is 1.85 bits per heavy atom. The second-order valence-electron chi connectivity index (χ2n) is 6.34. The largest absolute Gasteiger partial charge is 0.464 e. The smallest absolute Gasteiger partial charge is 0.255 e. The van der Waals surface area contributed by atoms with Crippen molar-refractivity contribution in [2.75, 3.05) is 6.79 Å². The normalized spacial score (nSPS) is 12.2. The molecule has 0 atom stereocenters. The molecular formula is C21H18BrNO4. The number of carbonyl (C=O) groups is 1. The fourth-order valence-corrected chi connectivity index (χ4v) is 3.48. The van der Waals surface area contributed by atoms with Crippen LogP contribution in [0.2, 0.25) is 0 Å². The summed E-state index contributed by atoms with van der Waals surface area (Å²) in [5.74, 6) is 2.92. The molecule has 1 aliphatic rings. The van der Waals surface area contributed by atoms with E-state index >= 15 is 0 Å². The maximum absolute atomic E-state index is 13.2. The molecule has 1 amide bonds. The molecule has 0 saturated heterocycles. The first-order chi connectivity index (χ1) is 13.1. The molecule has 4 rings (SSSR count). The third-order valence-corrected chi connectivity index (χ3v) is 5.04. The quantitative estimate of drug-likeness (QED) is 0.579. The van der Waals surface area contributed by atoms with Crippen molar-refractivity contribution < 1.29 is 18.7 Å². The lowest BCUT2D eigenvalue weighted by Gasteiger charge is -2.23. The van der Waals surface area contributed by atoms with Gasteiger partial charge in [0.15, 0.2) is 11.5 Å². The second-order valence-corrected chi connectivity index (χ2v) is 7.20. The molecule has 138 valence electrons. The van der Waals surface area contributed by atoms with Crippen LogP contribution in [0.1, 0.15) is 27.4 Å². The van der Waals surface area contributed by atoms with Gasteiger partial charge >= 0.3 is 0 Å². The van der Waals surface area contributed by atoms with Gasteiger partial charge in [-0.25, -0.2) is 0 Å². The summed E-state index contributed by atoms with van der Waals surface area (Å²) in [6, 6.07) is 16.9. The van der Waals surface area contributed by atoms with Crippen LogP contribution in [0.4, 0.5) is 0 Å². The summed E-state index contributed by atoms with van der Waals surface area (Å²) in [4.78, 5) is 15.0. The van der Waals surface area contributed by atoms with E-state index in [1.54, 1.807) is 4.90 Å². The zero-order chi connectivity index (χ0) is 18.8. The maximum Gasteiger partial charge on any atom is 0.255 e. The summed E-state index contributed by atoms with van der Waals surface area (Å²) >= 11 is 3.47. The van der Waals surface area contributed by atoms with Gasteiger partial charge in [-0.1, -0.05) is 18.2 Å². The van der Waals surface area contributed by atoms with E-state index in [0.29, 0.717) is 24.4 Å². The molecule has 1 aromatic heterocycles. The minimum Gasteiger partial charge on any atom is -0.464 e. The van der Waals surface area contributed by atoms with Crippen molar-refractivity contribution >= 4 is 21.8 Å². The summed E-state index contributed by atoms with van der Waals surface area (Å²) in [5, 5.41) is 0. The number of nitrogens with zero attached hydrogens (tertiary/aromatic N) is 1. The summed E-state index contributed by atoms with van der Waals surface area (Å²) < 4.78 is 17.3. The zero-order valence-electron chi connectivity index (χ0n) is 14.8. The molecule has 5 nitrogen and oxygen atoms in total. The van der Waals surface area contributed by atoms with Crippen LogP contribution in [0.15, 0.2) is 63.5 Å². The molecule has 6 heteroatoms. The first-order valence-electron chi connectivity index (χ1n) is 8.58. The van der Waals surface area contributed by atoms with E-state index in [9.17, 15) is 4.79 Å². The number of halogens is 1. The van der Waals surface area contributed by atoms with Crippen LogP contribution in [-0.2, 0) is 13.1 Å². The molecule has 0 fully saturated rings. The van der Waals surface area contributed by atoms with Crippen LogP contribution >= 0.6 is 15.9 Å². The highest BCUT2D eigenvalue weighted by molar-refractivity contribution is 9.10. The number of fused-ring (bicyclic) bond motifs is 1. The molecule has 27 heavy (non-hydrogen) atoms. The molecule has 3 aromatic rings. The van der Waals surface area contributed by atoms with Gasteiger partial charge in [-0.05, 0) is 64.8 Å². The maximum atomic E-state index is 13.2. The molecule has 0 aliphatic carbocycles. The van der Waals surface area contributed by atoms with Gasteiger partial charge in [0.05, 0.1) is 12.1 Å². The molecule has 0 N–H and O–H groups in total. The van der Waals surface area contributed by atoms with Crippen LogP contribution in [0, 0.1) is 6.92 Å². The van der Waals surface area contributed by atoms with E-state index in [-0.39, 0.29) is 12.7 Å². The number of furan rings is 1. The van der Waals surface area contributed by atoms with E-state index in [4.69, 9.17) is 13.9 Å². The van der Waals surface area contributed by atoms with E-state index in [2.05, 4.69) is 15.9 Å². The molecular weight excluding hydrogens is 410 g/mol. The van der Waals surface area contributed by atoms with E-state index in [0.717, 1.165) is 27.3 Å². The molecule has 0 bridgehead atoms. The number of amides is 1. The fraction of sp³-hybridized carbons (Fsp3) is 0.190. The number of carbonyl (C=O) groups excluding carboxylic acids is 1. The second kappa shape index (κ2) is 7.48. The Morgan fingerprint density at radius 3 is 2.63 bits per heavy atom. The van der Waals surface area contributed by atoms with Crippen LogP contribution in [0.5, 0.6) is 11.5 Å². The topological polar surface area (TPSA) is 51.9 Å². The molecule has 0 saturated carbocycles. The van der Waals surface area contributed by atoms with Crippen molar-refractivity contribution in [2.24, 2.45) is 0 Å². The number of rotatable bonds is 5. The van der Waals surface area contributed by atoms with Crippen molar-refractivity contribution in [3.63, 3.8) is 0 Å². The van der Waals surface area contributed by atoms with E-state index < -0.39 is 0 Å². The summed E-state index contributed by atoms with van der Waals surface area (Å²) in [6.07, 6.45) is 0. The van der Waals surface area contributed by atoms with Crippen molar-refractivity contribution in [3.05, 3.63) is 81.7 Å². The molecule has 0 spiro atoms. The predicted octanol–water partition coefficient (Wildman–Crippen LogP) is 4.92. The van der Waals surface area contributed by atoms with Gasteiger partial charge in [-0.2, -0.15) is 0 Å². The minimum atomic E-state index is -0.0748. The van der Waals surface area contributed by atoms with E-state index in [1.807, 2.05) is 61.5 Å². The van der Waals surface area contributed by atoms with Crippen molar-refractivity contribution in [1.29, 1.82) is 0 Å². The number of ether oxygens (including phenoxy) is 2. The molecule has 2 heterocycles. The highest BCUT2D eigenvalue weighted by Crippen LogP contribution is 2.33. The highest BCUT2D eigenvalue weighted by Gasteiger charge is 2.21. The van der Waals surface area contributed by atoms with Crippen LogP contribution < -0.4 is 9.47 Å². The molecule has 1 aliphatic heterocycles. The summed E-state index contributed by atoms with van der Waals surface area (Å²) in [7, 11) is 0. The number of benzene rings is 2. The lowest BCUT2D eigenvalue weighted by Crippen LogP contribution is -2.30. The van der Waals surface area contributed by atoms with Gasteiger partial charge < -0.3 is 18.8 Å². The number of aryl methyl sites for hydroxylation is 1. The van der Waals surface area contributed by atoms with Gasteiger partial charge in [0, 0.05) is 11.0 Å². The Hall–Kier alpha value is -2.73. The van der Waals surface area contributed by atoms with Crippen LogP contribution in [0.3, 0.4) is 0 Å². The monoisotopic (exact) mass is 427 g/mol. The minimum absolute atomic E-state index is 0.0748.